The molecule has 128 valence electrons. The van der Waals surface area contributed by atoms with Crippen LogP contribution < -0.4 is 5.32 Å². The van der Waals surface area contributed by atoms with Gasteiger partial charge in [-0.3, -0.25) is 0 Å². The van der Waals surface area contributed by atoms with Crippen molar-refractivity contribution in [3.8, 4) is 0 Å². The smallest absolute Gasteiger partial charge is 0.121 e. The van der Waals surface area contributed by atoms with Gasteiger partial charge in [0.1, 0.15) is 12.6 Å². The lowest BCUT2D eigenvalue weighted by Crippen LogP contribution is -2.87. The van der Waals surface area contributed by atoms with Crippen molar-refractivity contribution >= 4 is 45.0 Å². The third-order valence-electron chi connectivity index (χ3n) is 4.15. The summed E-state index contributed by atoms with van der Waals surface area (Å²) in [5.41, 5.74) is 2.10. The molecule has 0 spiro atoms. The number of fused-ring (bicyclic) bond motifs is 3. The number of halogens is 2. The van der Waals surface area contributed by atoms with Crippen LogP contribution in [0, 0.1) is 0 Å². The van der Waals surface area contributed by atoms with Gasteiger partial charge in [0.05, 0.1) is 19.7 Å². The summed E-state index contributed by atoms with van der Waals surface area (Å²) in [5.74, 6) is 0. The van der Waals surface area contributed by atoms with Gasteiger partial charge in [-0.05, 0) is 36.4 Å². The first-order chi connectivity index (χ1) is 11.6. The molecule has 1 aromatic heterocycles. The molecule has 0 unspecified atom stereocenters. The predicted molar refractivity (Wildman–Crippen MR) is 99.0 cm³/mol. The van der Waals surface area contributed by atoms with Gasteiger partial charge < -0.3 is 19.7 Å². The number of benzene rings is 2. The normalized spacial score (nSPS) is 13.0. The van der Waals surface area contributed by atoms with Crippen LogP contribution in [0.3, 0.4) is 0 Å². The Kier molecular flexibility index (Phi) is 5.64. The fraction of sp³-hybridized carbons (Fsp3) is 0.333. The SMILES string of the molecule is COCC[NH2+]C[C@H](O)Cn1c2ccc(Cl)cc2c2cc(Cl)ccc21. The number of aliphatic hydroxyl groups is 1. The minimum absolute atomic E-state index is 0.452. The van der Waals surface area contributed by atoms with E-state index in [0.29, 0.717) is 29.7 Å². The Morgan fingerprint density at radius 2 is 1.67 bits per heavy atom. The van der Waals surface area contributed by atoms with Gasteiger partial charge in [0.2, 0.25) is 0 Å². The largest absolute Gasteiger partial charge is 0.385 e. The van der Waals surface area contributed by atoms with Crippen molar-refractivity contribution in [1.29, 1.82) is 0 Å². The summed E-state index contributed by atoms with van der Waals surface area (Å²) in [6.45, 7) is 2.67. The highest BCUT2D eigenvalue weighted by Crippen LogP contribution is 2.32. The topological polar surface area (TPSA) is 51.0 Å². The van der Waals surface area contributed by atoms with Gasteiger partial charge in [0.25, 0.3) is 0 Å². The highest BCUT2D eigenvalue weighted by atomic mass is 35.5. The van der Waals surface area contributed by atoms with Crippen LogP contribution in [0.15, 0.2) is 36.4 Å². The predicted octanol–water partition coefficient (Wildman–Crippen LogP) is 2.67. The second kappa shape index (κ2) is 7.72. The van der Waals surface area contributed by atoms with Crippen molar-refractivity contribution in [2.75, 3.05) is 26.8 Å². The van der Waals surface area contributed by atoms with Gasteiger partial charge in [-0.25, -0.2) is 0 Å². The second-order valence-electron chi connectivity index (χ2n) is 5.89. The van der Waals surface area contributed by atoms with E-state index in [1.54, 1.807) is 7.11 Å². The summed E-state index contributed by atoms with van der Waals surface area (Å²) in [5, 5.41) is 16.0. The van der Waals surface area contributed by atoms with Crippen molar-refractivity contribution in [3.05, 3.63) is 46.4 Å². The molecule has 0 aliphatic rings. The Morgan fingerprint density at radius 1 is 1.08 bits per heavy atom. The summed E-state index contributed by atoms with van der Waals surface area (Å²) in [6, 6.07) is 11.6. The Morgan fingerprint density at radius 3 is 2.21 bits per heavy atom. The van der Waals surface area contributed by atoms with Crippen molar-refractivity contribution in [3.63, 3.8) is 0 Å². The summed E-state index contributed by atoms with van der Waals surface area (Å²) in [4.78, 5) is 0. The van der Waals surface area contributed by atoms with E-state index < -0.39 is 6.10 Å². The van der Waals surface area contributed by atoms with Crippen molar-refractivity contribution in [2.24, 2.45) is 0 Å². The molecule has 1 atom stereocenters. The molecule has 0 aliphatic heterocycles. The molecule has 0 amide bonds. The third-order valence-corrected chi connectivity index (χ3v) is 4.62. The van der Waals surface area contributed by atoms with Crippen LogP contribution in [0.1, 0.15) is 0 Å². The zero-order valence-electron chi connectivity index (χ0n) is 13.5. The number of ether oxygens (including phenoxy) is 1. The molecule has 0 bridgehead atoms. The van der Waals surface area contributed by atoms with Crippen LogP contribution in [0.25, 0.3) is 21.8 Å². The van der Waals surface area contributed by atoms with E-state index in [2.05, 4.69) is 9.88 Å². The number of aliphatic hydroxyl groups excluding tert-OH is 1. The van der Waals surface area contributed by atoms with E-state index in [9.17, 15) is 5.11 Å². The highest BCUT2D eigenvalue weighted by molar-refractivity contribution is 6.33. The van der Waals surface area contributed by atoms with E-state index in [-0.39, 0.29) is 0 Å². The Bertz CT molecular complexity index is 789. The first kappa shape index (κ1) is 17.5. The molecule has 0 aliphatic carbocycles. The molecule has 0 fully saturated rings. The number of rotatable bonds is 7. The first-order valence-corrected chi connectivity index (χ1v) is 8.71. The standard InChI is InChI=1S/C18H20Cl2N2O2/c1-24-7-6-21-10-14(23)11-22-17-4-2-12(19)8-15(17)16-9-13(20)3-5-18(16)22/h2-5,8-9,14,21,23H,6-7,10-11H2,1H3/p+1/t14-/m0/s1. The molecule has 0 radical (unpaired) electrons. The quantitative estimate of drug-likeness (QED) is 0.630. The van der Waals surface area contributed by atoms with E-state index in [4.69, 9.17) is 27.9 Å². The summed E-state index contributed by atoms with van der Waals surface area (Å²) < 4.78 is 7.16. The second-order valence-corrected chi connectivity index (χ2v) is 6.77. The van der Waals surface area contributed by atoms with Crippen LogP contribution in [0.4, 0.5) is 0 Å². The number of quaternary nitrogens is 1. The number of nitrogens with zero attached hydrogens (tertiary/aromatic N) is 1. The van der Waals surface area contributed by atoms with Gasteiger partial charge in [-0.1, -0.05) is 23.2 Å². The minimum Gasteiger partial charge on any atom is -0.385 e. The third kappa shape index (κ3) is 3.68. The zero-order chi connectivity index (χ0) is 17.1. The molecular weight excluding hydrogens is 347 g/mol. The molecule has 3 N–H and O–H groups in total. The van der Waals surface area contributed by atoms with Gasteiger partial charge >= 0.3 is 0 Å². The molecular formula is C18H21Cl2N2O2+. The van der Waals surface area contributed by atoms with Crippen molar-refractivity contribution in [2.45, 2.75) is 12.6 Å². The average molecular weight is 368 g/mol. The van der Waals surface area contributed by atoms with E-state index in [0.717, 1.165) is 28.4 Å². The average Bonchev–Trinajstić information content (AvgIpc) is 2.84. The summed E-state index contributed by atoms with van der Waals surface area (Å²) >= 11 is 12.3. The molecule has 6 heteroatoms. The minimum atomic E-state index is -0.452. The fourth-order valence-electron chi connectivity index (χ4n) is 3.04. The van der Waals surface area contributed by atoms with E-state index in [1.807, 2.05) is 36.4 Å². The van der Waals surface area contributed by atoms with Crippen LogP contribution >= 0.6 is 23.2 Å². The molecule has 3 aromatic rings. The number of nitrogens with two attached hydrogens (primary N) is 1. The van der Waals surface area contributed by atoms with E-state index >= 15 is 0 Å². The molecule has 1 heterocycles. The monoisotopic (exact) mass is 367 g/mol. The Balaban J connectivity index is 1.93. The Hall–Kier alpha value is -1.30. The molecule has 2 aromatic carbocycles. The highest BCUT2D eigenvalue weighted by Gasteiger charge is 2.15. The number of hydrogen-bond donors (Lipinski definition) is 2. The lowest BCUT2D eigenvalue weighted by molar-refractivity contribution is -0.662. The molecule has 0 saturated heterocycles. The lowest BCUT2D eigenvalue weighted by Gasteiger charge is -2.13. The van der Waals surface area contributed by atoms with E-state index in [1.165, 1.54) is 0 Å². The zero-order valence-corrected chi connectivity index (χ0v) is 15.0. The maximum Gasteiger partial charge on any atom is 0.121 e. The maximum absolute atomic E-state index is 10.4. The van der Waals surface area contributed by atoms with Crippen LogP contribution in [-0.2, 0) is 11.3 Å². The van der Waals surface area contributed by atoms with Crippen LogP contribution in [0.2, 0.25) is 10.0 Å². The summed E-state index contributed by atoms with van der Waals surface area (Å²) in [7, 11) is 1.68. The first-order valence-electron chi connectivity index (χ1n) is 7.96. The van der Waals surface area contributed by atoms with Gasteiger partial charge in [-0.15, -0.1) is 0 Å². The number of hydrogen-bond acceptors (Lipinski definition) is 2. The fourth-order valence-corrected chi connectivity index (χ4v) is 3.39. The molecule has 0 saturated carbocycles. The maximum atomic E-state index is 10.4. The van der Waals surface area contributed by atoms with Gasteiger partial charge in [0, 0.05) is 39.0 Å². The van der Waals surface area contributed by atoms with Gasteiger partial charge in [0.15, 0.2) is 0 Å². The van der Waals surface area contributed by atoms with Crippen LogP contribution in [0.5, 0.6) is 0 Å². The van der Waals surface area contributed by atoms with Crippen LogP contribution in [-0.4, -0.2) is 42.6 Å². The molecule has 24 heavy (non-hydrogen) atoms. The van der Waals surface area contributed by atoms with Crippen molar-refractivity contribution in [1.82, 2.24) is 4.57 Å². The summed E-state index contributed by atoms with van der Waals surface area (Å²) in [6.07, 6.45) is -0.452. The Labute approximate surface area is 150 Å². The van der Waals surface area contributed by atoms with Crippen molar-refractivity contribution < 1.29 is 15.2 Å². The lowest BCUT2D eigenvalue weighted by atomic mass is 10.1. The molecule has 4 nitrogen and oxygen atoms in total. The molecule has 3 rings (SSSR count). The number of methoxy groups -OCH3 is 1. The number of aromatic nitrogens is 1. The van der Waals surface area contributed by atoms with Gasteiger partial charge in [-0.2, -0.15) is 0 Å².